The maximum Gasteiger partial charge on any atom is 0.128 e. The quantitative estimate of drug-likeness (QED) is 0.349. The zero-order chi connectivity index (χ0) is 22.0. The molecule has 0 spiro atoms. The highest BCUT2D eigenvalue weighted by molar-refractivity contribution is 5.93. The van der Waals surface area contributed by atoms with Gasteiger partial charge in [-0.05, 0) is 55.5 Å². The van der Waals surface area contributed by atoms with Gasteiger partial charge in [0.05, 0.1) is 5.52 Å². The SMILES string of the molecule is c1ccc(-c2nn3c(NC4CCCC4)cccc3c2-c2ccnc(NC3CCCC3)c2)cc1. The maximum absolute atomic E-state index is 5.15. The van der Waals surface area contributed by atoms with Crippen molar-refractivity contribution >= 4 is 17.2 Å². The van der Waals surface area contributed by atoms with Crippen LogP contribution >= 0.6 is 0 Å². The lowest BCUT2D eigenvalue weighted by Gasteiger charge is -2.15. The van der Waals surface area contributed by atoms with Crippen LogP contribution in [0.15, 0.2) is 66.9 Å². The molecule has 1 aromatic carbocycles. The van der Waals surface area contributed by atoms with Gasteiger partial charge < -0.3 is 10.6 Å². The van der Waals surface area contributed by atoms with Crippen molar-refractivity contribution in [3.05, 3.63) is 66.9 Å². The van der Waals surface area contributed by atoms with Gasteiger partial charge in [0.1, 0.15) is 17.3 Å². The predicted octanol–water partition coefficient (Wildman–Crippen LogP) is 6.77. The molecule has 3 aromatic heterocycles. The summed E-state index contributed by atoms with van der Waals surface area (Å²) in [4.78, 5) is 4.63. The standard InChI is InChI=1S/C28H31N5/c1-2-9-20(10-3-1)28-27(21-17-18-29-25(19-21)30-22-11-4-5-12-22)24-15-8-16-26(33(24)32-28)31-23-13-6-7-14-23/h1-3,8-10,15-19,22-23,31H,4-7,11-14H2,(H,29,30). The van der Waals surface area contributed by atoms with E-state index in [1.165, 1.54) is 51.4 Å². The summed E-state index contributed by atoms with van der Waals surface area (Å²) in [6, 6.07) is 22.4. The van der Waals surface area contributed by atoms with Crippen LogP contribution in [0.5, 0.6) is 0 Å². The number of aromatic nitrogens is 3. The van der Waals surface area contributed by atoms with Crippen molar-refractivity contribution in [2.24, 2.45) is 0 Å². The summed E-state index contributed by atoms with van der Waals surface area (Å²) in [6.45, 7) is 0. The monoisotopic (exact) mass is 437 g/mol. The fraction of sp³-hybridized carbons (Fsp3) is 0.357. The van der Waals surface area contributed by atoms with Crippen LogP contribution in [-0.4, -0.2) is 26.7 Å². The van der Waals surface area contributed by atoms with E-state index in [1.807, 2.05) is 6.20 Å². The minimum atomic E-state index is 0.534. The third-order valence-electron chi connectivity index (χ3n) is 7.17. The predicted molar refractivity (Wildman–Crippen MR) is 136 cm³/mol. The fourth-order valence-corrected chi connectivity index (χ4v) is 5.49. The Morgan fingerprint density at radius 2 is 1.45 bits per heavy atom. The van der Waals surface area contributed by atoms with Gasteiger partial charge in [0.2, 0.25) is 0 Å². The minimum Gasteiger partial charge on any atom is -0.367 e. The summed E-state index contributed by atoms with van der Waals surface area (Å²) in [6.07, 6.45) is 12.1. The number of hydrogen-bond acceptors (Lipinski definition) is 4. The van der Waals surface area contributed by atoms with Crippen LogP contribution in [0.2, 0.25) is 0 Å². The van der Waals surface area contributed by atoms with Gasteiger partial charge in [-0.1, -0.05) is 62.1 Å². The minimum absolute atomic E-state index is 0.534. The second-order valence-corrected chi connectivity index (χ2v) is 9.48. The Hall–Kier alpha value is -3.34. The molecular formula is C28H31N5. The van der Waals surface area contributed by atoms with Gasteiger partial charge in [0, 0.05) is 29.4 Å². The van der Waals surface area contributed by atoms with E-state index in [2.05, 4.69) is 80.8 Å². The highest BCUT2D eigenvalue weighted by atomic mass is 15.3. The van der Waals surface area contributed by atoms with Crippen molar-refractivity contribution < 1.29 is 0 Å². The molecule has 2 saturated carbocycles. The molecule has 5 nitrogen and oxygen atoms in total. The van der Waals surface area contributed by atoms with Crippen molar-refractivity contribution in [1.29, 1.82) is 0 Å². The van der Waals surface area contributed by atoms with E-state index in [0.29, 0.717) is 12.1 Å². The molecule has 168 valence electrons. The van der Waals surface area contributed by atoms with E-state index in [9.17, 15) is 0 Å². The summed E-state index contributed by atoms with van der Waals surface area (Å²) in [7, 11) is 0. The number of pyridine rings is 2. The van der Waals surface area contributed by atoms with Crippen molar-refractivity contribution in [3.8, 4) is 22.4 Å². The molecule has 3 heterocycles. The van der Waals surface area contributed by atoms with Crippen LogP contribution in [0, 0.1) is 0 Å². The zero-order valence-corrected chi connectivity index (χ0v) is 19.0. The lowest BCUT2D eigenvalue weighted by atomic mass is 10.0. The lowest BCUT2D eigenvalue weighted by molar-refractivity contribution is 0.742. The zero-order valence-electron chi connectivity index (χ0n) is 19.0. The first-order valence-corrected chi connectivity index (χ1v) is 12.4. The second kappa shape index (κ2) is 8.89. The van der Waals surface area contributed by atoms with Crippen LogP contribution in [0.25, 0.3) is 27.9 Å². The number of fused-ring (bicyclic) bond motifs is 1. The normalized spacial score (nSPS) is 17.1. The molecule has 0 saturated heterocycles. The number of nitrogens with zero attached hydrogens (tertiary/aromatic N) is 3. The van der Waals surface area contributed by atoms with Crippen LogP contribution in [0.1, 0.15) is 51.4 Å². The van der Waals surface area contributed by atoms with Gasteiger partial charge in [0.15, 0.2) is 0 Å². The smallest absolute Gasteiger partial charge is 0.128 e. The Labute approximate surface area is 195 Å². The van der Waals surface area contributed by atoms with Crippen molar-refractivity contribution in [3.63, 3.8) is 0 Å². The Morgan fingerprint density at radius 1 is 0.727 bits per heavy atom. The highest BCUT2D eigenvalue weighted by Crippen LogP contribution is 2.37. The van der Waals surface area contributed by atoms with Gasteiger partial charge in [-0.15, -0.1) is 0 Å². The molecule has 4 aromatic rings. The molecule has 0 amide bonds. The third kappa shape index (κ3) is 4.08. The second-order valence-electron chi connectivity index (χ2n) is 9.48. The van der Waals surface area contributed by atoms with Gasteiger partial charge >= 0.3 is 0 Å². The van der Waals surface area contributed by atoms with Gasteiger partial charge in [-0.2, -0.15) is 5.10 Å². The van der Waals surface area contributed by atoms with E-state index < -0.39 is 0 Å². The average Bonchev–Trinajstić information content (AvgIpc) is 3.61. The molecule has 0 bridgehead atoms. The number of nitrogens with one attached hydrogen (secondary N) is 2. The van der Waals surface area contributed by atoms with E-state index >= 15 is 0 Å². The lowest BCUT2D eigenvalue weighted by Crippen LogP contribution is -2.17. The Kier molecular flexibility index (Phi) is 5.46. The Bertz CT molecular complexity index is 1230. The van der Waals surface area contributed by atoms with Crippen LogP contribution < -0.4 is 10.6 Å². The molecule has 6 rings (SSSR count). The molecule has 5 heteroatoms. The van der Waals surface area contributed by atoms with Crippen molar-refractivity contribution in [2.45, 2.75) is 63.5 Å². The topological polar surface area (TPSA) is 54.2 Å². The molecule has 2 fully saturated rings. The molecule has 33 heavy (non-hydrogen) atoms. The summed E-state index contributed by atoms with van der Waals surface area (Å²) < 4.78 is 2.10. The first-order chi connectivity index (χ1) is 16.3. The summed E-state index contributed by atoms with van der Waals surface area (Å²) in [5, 5.41) is 12.6. The van der Waals surface area contributed by atoms with Gasteiger partial charge in [0.25, 0.3) is 0 Å². The largest absolute Gasteiger partial charge is 0.367 e. The molecule has 2 N–H and O–H groups in total. The number of rotatable bonds is 6. The van der Waals surface area contributed by atoms with Gasteiger partial charge in [-0.25, -0.2) is 9.50 Å². The van der Waals surface area contributed by atoms with Crippen molar-refractivity contribution in [2.75, 3.05) is 10.6 Å². The summed E-state index contributed by atoms with van der Waals surface area (Å²) >= 11 is 0. The maximum atomic E-state index is 5.15. The highest BCUT2D eigenvalue weighted by Gasteiger charge is 2.21. The van der Waals surface area contributed by atoms with Crippen LogP contribution in [0.3, 0.4) is 0 Å². The number of hydrogen-bond donors (Lipinski definition) is 2. The van der Waals surface area contributed by atoms with E-state index in [4.69, 9.17) is 5.10 Å². The number of benzene rings is 1. The Balaban J connectivity index is 1.47. The first-order valence-electron chi connectivity index (χ1n) is 12.4. The average molecular weight is 438 g/mol. The Morgan fingerprint density at radius 3 is 2.21 bits per heavy atom. The molecule has 0 unspecified atom stereocenters. The van der Waals surface area contributed by atoms with E-state index in [1.54, 1.807) is 0 Å². The van der Waals surface area contributed by atoms with Gasteiger partial charge in [-0.3, -0.25) is 0 Å². The van der Waals surface area contributed by atoms with Crippen LogP contribution in [-0.2, 0) is 0 Å². The molecule has 2 aliphatic carbocycles. The molecule has 2 aliphatic rings. The first kappa shape index (κ1) is 20.3. The van der Waals surface area contributed by atoms with Crippen molar-refractivity contribution in [1.82, 2.24) is 14.6 Å². The summed E-state index contributed by atoms with van der Waals surface area (Å²) in [5.41, 5.74) is 5.57. The molecule has 0 atom stereocenters. The van der Waals surface area contributed by atoms with E-state index in [-0.39, 0.29) is 0 Å². The molecule has 0 radical (unpaired) electrons. The van der Waals surface area contributed by atoms with Crippen LogP contribution in [0.4, 0.5) is 11.6 Å². The third-order valence-corrected chi connectivity index (χ3v) is 7.17. The van der Waals surface area contributed by atoms with E-state index in [0.717, 1.165) is 39.5 Å². The fourth-order valence-electron chi connectivity index (χ4n) is 5.49. The summed E-state index contributed by atoms with van der Waals surface area (Å²) in [5.74, 6) is 2.03. The molecular weight excluding hydrogens is 406 g/mol. The molecule has 0 aliphatic heterocycles. The number of anilines is 2.